The van der Waals surface area contributed by atoms with Gasteiger partial charge in [-0.2, -0.15) is 0 Å². The van der Waals surface area contributed by atoms with Gasteiger partial charge in [0.25, 0.3) is 5.91 Å². The van der Waals surface area contributed by atoms with Gasteiger partial charge in [0.05, 0.1) is 6.10 Å². The van der Waals surface area contributed by atoms with Crippen molar-refractivity contribution in [1.82, 2.24) is 5.32 Å². The van der Waals surface area contributed by atoms with Gasteiger partial charge in [-0.1, -0.05) is 28.1 Å². The van der Waals surface area contributed by atoms with Crippen LogP contribution in [0.1, 0.15) is 26.3 Å². The van der Waals surface area contributed by atoms with Gasteiger partial charge in [-0.15, -0.1) is 0 Å². The number of rotatable bonds is 7. The number of benzene rings is 2. The van der Waals surface area contributed by atoms with Crippen LogP contribution in [0, 0.1) is 0 Å². The SMILES string of the molecule is CC(C)Oc1cccc(CNC(=O)C(C)Oc2ccc(Br)cc2)c1. The van der Waals surface area contributed by atoms with Crippen LogP contribution < -0.4 is 14.8 Å². The van der Waals surface area contributed by atoms with Crippen molar-refractivity contribution >= 4 is 21.8 Å². The molecule has 0 radical (unpaired) electrons. The van der Waals surface area contributed by atoms with E-state index in [-0.39, 0.29) is 12.0 Å². The Morgan fingerprint density at radius 1 is 1.04 bits per heavy atom. The van der Waals surface area contributed by atoms with E-state index in [2.05, 4.69) is 21.2 Å². The number of ether oxygens (including phenoxy) is 2. The average molecular weight is 392 g/mol. The first-order valence-electron chi connectivity index (χ1n) is 7.89. The normalized spacial score (nSPS) is 11.9. The average Bonchev–Trinajstić information content (AvgIpc) is 2.54. The Hall–Kier alpha value is -2.01. The van der Waals surface area contributed by atoms with Crippen LogP contribution in [0.4, 0.5) is 0 Å². The Balaban J connectivity index is 1.86. The topological polar surface area (TPSA) is 47.6 Å². The molecule has 0 aliphatic rings. The summed E-state index contributed by atoms with van der Waals surface area (Å²) < 4.78 is 12.3. The number of nitrogens with one attached hydrogen (secondary N) is 1. The highest BCUT2D eigenvalue weighted by Crippen LogP contribution is 2.18. The van der Waals surface area contributed by atoms with Crippen LogP contribution in [0.2, 0.25) is 0 Å². The van der Waals surface area contributed by atoms with Crippen molar-refractivity contribution < 1.29 is 14.3 Å². The van der Waals surface area contributed by atoms with Crippen molar-refractivity contribution in [1.29, 1.82) is 0 Å². The molecule has 2 aromatic carbocycles. The molecule has 5 heteroatoms. The fraction of sp³-hybridized carbons (Fsp3) is 0.316. The lowest BCUT2D eigenvalue weighted by Crippen LogP contribution is -2.35. The molecule has 0 fully saturated rings. The molecule has 128 valence electrons. The van der Waals surface area contributed by atoms with Gasteiger partial charge in [0.1, 0.15) is 11.5 Å². The summed E-state index contributed by atoms with van der Waals surface area (Å²) in [6.07, 6.45) is -0.449. The summed E-state index contributed by atoms with van der Waals surface area (Å²) in [6.45, 7) is 6.13. The van der Waals surface area contributed by atoms with Crippen molar-refractivity contribution in [2.75, 3.05) is 0 Å². The number of carbonyl (C=O) groups is 1. The molecule has 4 nitrogen and oxygen atoms in total. The first kappa shape index (κ1) is 18.3. The molecular formula is C19H22BrNO3. The fourth-order valence-electron chi connectivity index (χ4n) is 2.10. The van der Waals surface area contributed by atoms with Gasteiger partial charge in [0.15, 0.2) is 6.10 Å². The van der Waals surface area contributed by atoms with E-state index in [1.54, 1.807) is 6.92 Å². The van der Waals surface area contributed by atoms with Crippen molar-refractivity contribution in [3.63, 3.8) is 0 Å². The molecule has 1 amide bonds. The molecule has 2 aromatic rings. The van der Waals surface area contributed by atoms with Gasteiger partial charge in [-0.3, -0.25) is 4.79 Å². The lowest BCUT2D eigenvalue weighted by molar-refractivity contribution is -0.127. The smallest absolute Gasteiger partial charge is 0.261 e. The van der Waals surface area contributed by atoms with Crippen molar-refractivity contribution in [2.45, 2.75) is 39.5 Å². The van der Waals surface area contributed by atoms with Crippen molar-refractivity contribution in [3.05, 3.63) is 58.6 Å². The minimum atomic E-state index is -0.568. The van der Waals surface area contributed by atoms with Gasteiger partial charge >= 0.3 is 0 Å². The maximum atomic E-state index is 12.2. The van der Waals surface area contributed by atoms with Crippen LogP contribution in [0.5, 0.6) is 11.5 Å². The summed E-state index contributed by atoms with van der Waals surface area (Å²) in [7, 11) is 0. The predicted molar refractivity (Wildman–Crippen MR) is 98.3 cm³/mol. The summed E-state index contributed by atoms with van der Waals surface area (Å²) in [5.41, 5.74) is 0.984. The van der Waals surface area contributed by atoms with Crippen LogP contribution in [0.15, 0.2) is 53.0 Å². The molecule has 0 saturated carbocycles. The number of halogens is 1. The van der Waals surface area contributed by atoms with E-state index in [4.69, 9.17) is 9.47 Å². The lowest BCUT2D eigenvalue weighted by atomic mass is 10.2. The predicted octanol–water partition coefficient (Wildman–Crippen LogP) is 4.32. The van der Waals surface area contributed by atoms with Crippen LogP contribution in [0.3, 0.4) is 0 Å². The van der Waals surface area contributed by atoms with E-state index >= 15 is 0 Å². The maximum Gasteiger partial charge on any atom is 0.261 e. The molecule has 0 aliphatic heterocycles. The number of hydrogen-bond donors (Lipinski definition) is 1. The lowest BCUT2D eigenvalue weighted by Gasteiger charge is -2.15. The summed E-state index contributed by atoms with van der Waals surface area (Å²) in [5.74, 6) is 1.30. The third kappa shape index (κ3) is 5.89. The van der Waals surface area contributed by atoms with Crippen LogP contribution in [-0.4, -0.2) is 18.1 Å². The molecule has 24 heavy (non-hydrogen) atoms. The Bertz CT molecular complexity index is 671. The zero-order valence-corrected chi connectivity index (χ0v) is 15.7. The van der Waals surface area contributed by atoms with Gasteiger partial charge in [-0.05, 0) is 62.7 Å². The van der Waals surface area contributed by atoms with E-state index in [0.29, 0.717) is 12.3 Å². The van der Waals surface area contributed by atoms with E-state index < -0.39 is 6.10 Å². The minimum absolute atomic E-state index is 0.120. The van der Waals surface area contributed by atoms with Crippen molar-refractivity contribution in [2.24, 2.45) is 0 Å². The van der Waals surface area contributed by atoms with E-state index in [1.807, 2.05) is 62.4 Å². The highest BCUT2D eigenvalue weighted by Gasteiger charge is 2.14. The molecular weight excluding hydrogens is 370 g/mol. The van der Waals surface area contributed by atoms with E-state index in [9.17, 15) is 4.79 Å². The molecule has 1 unspecified atom stereocenters. The van der Waals surface area contributed by atoms with E-state index in [1.165, 1.54) is 0 Å². The molecule has 1 N–H and O–H groups in total. The summed E-state index contributed by atoms with van der Waals surface area (Å²) in [4.78, 5) is 12.2. The second-order valence-corrected chi connectivity index (χ2v) is 6.66. The highest BCUT2D eigenvalue weighted by molar-refractivity contribution is 9.10. The molecule has 2 rings (SSSR count). The third-order valence-corrected chi connectivity index (χ3v) is 3.76. The monoisotopic (exact) mass is 391 g/mol. The number of hydrogen-bond acceptors (Lipinski definition) is 3. The molecule has 0 spiro atoms. The first-order valence-corrected chi connectivity index (χ1v) is 8.69. The Kier molecular flexibility index (Phi) is 6.67. The van der Waals surface area contributed by atoms with Crippen LogP contribution in [-0.2, 0) is 11.3 Å². The quantitative estimate of drug-likeness (QED) is 0.764. The molecule has 0 saturated heterocycles. The van der Waals surface area contributed by atoms with Gasteiger partial charge < -0.3 is 14.8 Å². The molecule has 0 aromatic heterocycles. The van der Waals surface area contributed by atoms with Crippen molar-refractivity contribution in [3.8, 4) is 11.5 Å². The fourth-order valence-corrected chi connectivity index (χ4v) is 2.37. The summed E-state index contributed by atoms with van der Waals surface area (Å²) in [5, 5.41) is 2.88. The largest absolute Gasteiger partial charge is 0.491 e. The third-order valence-electron chi connectivity index (χ3n) is 3.23. The number of carbonyl (C=O) groups excluding carboxylic acids is 1. The van der Waals surface area contributed by atoms with Crippen LogP contribution in [0.25, 0.3) is 0 Å². The second-order valence-electron chi connectivity index (χ2n) is 5.75. The first-order chi connectivity index (χ1) is 11.4. The summed E-state index contributed by atoms with van der Waals surface area (Å²) >= 11 is 3.37. The van der Waals surface area contributed by atoms with Gasteiger partial charge in [-0.25, -0.2) is 0 Å². The zero-order chi connectivity index (χ0) is 17.5. The number of amides is 1. The Morgan fingerprint density at radius 3 is 2.42 bits per heavy atom. The minimum Gasteiger partial charge on any atom is -0.491 e. The standard InChI is InChI=1S/C19H22BrNO3/c1-13(2)23-18-6-4-5-15(11-18)12-21-19(22)14(3)24-17-9-7-16(20)8-10-17/h4-11,13-14H,12H2,1-3H3,(H,21,22). The molecule has 0 aliphatic carbocycles. The highest BCUT2D eigenvalue weighted by atomic mass is 79.9. The molecule has 0 bridgehead atoms. The van der Waals surface area contributed by atoms with Gasteiger partial charge in [0, 0.05) is 11.0 Å². The Morgan fingerprint density at radius 2 is 1.75 bits per heavy atom. The maximum absolute atomic E-state index is 12.2. The molecule has 1 atom stereocenters. The van der Waals surface area contributed by atoms with Gasteiger partial charge in [0.2, 0.25) is 0 Å². The second kappa shape index (κ2) is 8.73. The zero-order valence-electron chi connectivity index (χ0n) is 14.1. The van der Waals surface area contributed by atoms with E-state index in [0.717, 1.165) is 15.8 Å². The summed E-state index contributed by atoms with van der Waals surface area (Å²) in [6, 6.07) is 15.1. The van der Waals surface area contributed by atoms with Crippen LogP contribution >= 0.6 is 15.9 Å². The molecule has 0 heterocycles. The Labute approximate surface area is 151 Å².